The fraction of sp³-hybridized carbons (Fsp3) is 0.353. The lowest BCUT2D eigenvalue weighted by Crippen LogP contribution is -1.95. The van der Waals surface area contributed by atoms with Gasteiger partial charge in [-0.2, -0.15) is 0 Å². The van der Waals surface area contributed by atoms with E-state index in [1.54, 1.807) is 0 Å². The Morgan fingerprint density at radius 3 is 2.50 bits per heavy atom. The molecule has 0 radical (unpaired) electrons. The third kappa shape index (κ3) is 2.05. The molecular weight excluding hydrogens is 220 g/mol. The van der Waals surface area contributed by atoms with Gasteiger partial charge in [0, 0.05) is 6.42 Å². The van der Waals surface area contributed by atoms with Crippen LogP contribution in [0.2, 0.25) is 0 Å². The van der Waals surface area contributed by atoms with Crippen molar-refractivity contribution in [1.82, 2.24) is 0 Å². The second-order valence-corrected chi connectivity index (χ2v) is 5.32. The molecule has 0 aromatic heterocycles. The quantitative estimate of drug-likeness (QED) is 0.716. The van der Waals surface area contributed by atoms with Crippen LogP contribution in [0.3, 0.4) is 0 Å². The first-order valence-corrected chi connectivity index (χ1v) is 6.77. The predicted octanol–water partition coefficient (Wildman–Crippen LogP) is 4.22. The van der Waals surface area contributed by atoms with Crippen molar-refractivity contribution in [2.45, 2.75) is 39.0 Å². The maximum absolute atomic E-state index is 11.8. The van der Waals surface area contributed by atoms with Gasteiger partial charge in [0.2, 0.25) is 0 Å². The minimum atomic E-state index is 0.381. The van der Waals surface area contributed by atoms with E-state index in [1.165, 1.54) is 22.3 Å². The second kappa shape index (κ2) is 4.56. The fourth-order valence-electron chi connectivity index (χ4n) is 2.92. The molecule has 1 aromatic rings. The molecular formula is C17H18O. The van der Waals surface area contributed by atoms with Crippen LogP contribution in [0.5, 0.6) is 0 Å². The highest BCUT2D eigenvalue weighted by Gasteiger charge is 2.23. The molecule has 2 aliphatic carbocycles. The third-order valence-electron chi connectivity index (χ3n) is 3.99. The molecule has 0 amide bonds. The lowest BCUT2D eigenvalue weighted by atomic mass is 9.98. The molecule has 1 nitrogen and oxygen atoms in total. The van der Waals surface area contributed by atoms with E-state index in [2.05, 4.69) is 37.3 Å². The zero-order valence-electron chi connectivity index (χ0n) is 10.8. The van der Waals surface area contributed by atoms with Crippen molar-refractivity contribution in [1.29, 1.82) is 0 Å². The van der Waals surface area contributed by atoms with Crippen LogP contribution in [0.4, 0.5) is 0 Å². The number of hydrogen-bond acceptors (Lipinski definition) is 1. The van der Waals surface area contributed by atoms with Crippen molar-refractivity contribution in [3.63, 3.8) is 0 Å². The molecule has 0 aliphatic heterocycles. The summed E-state index contributed by atoms with van der Waals surface area (Å²) in [6.07, 6.45) is 7.11. The number of Topliss-reactive ketones (excluding diaryl/α,β-unsaturated/α-hetero) is 1. The van der Waals surface area contributed by atoms with Crippen molar-refractivity contribution in [3.05, 3.63) is 52.6 Å². The topological polar surface area (TPSA) is 17.1 Å². The summed E-state index contributed by atoms with van der Waals surface area (Å²) in [5.74, 6) is 0.381. The number of carbonyl (C=O) groups excluding carboxylic acids is 1. The molecule has 3 rings (SSSR count). The molecule has 1 aromatic carbocycles. The summed E-state index contributed by atoms with van der Waals surface area (Å²) < 4.78 is 0. The van der Waals surface area contributed by atoms with E-state index in [0.717, 1.165) is 37.7 Å². The van der Waals surface area contributed by atoms with Gasteiger partial charge in [-0.15, -0.1) is 0 Å². The van der Waals surface area contributed by atoms with Crippen LogP contribution in [0.25, 0.3) is 5.57 Å². The third-order valence-corrected chi connectivity index (χ3v) is 3.99. The zero-order valence-corrected chi connectivity index (χ0v) is 10.8. The van der Waals surface area contributed by atoms with E-state index in [9.17, 15) is 4.79 Å². The normalized spacial score (nSPS) is 19.6. The van der Waals surface area contributed by atoms with Crippen molar-refractivity contribution in [2.24, 2.45) is 0 Å². The highest BCUT2D eigenvalue weighted by molar-refractivity contribution is 6.00. The highest BCUT2D eigenvalue weighted by Crippen LogP contribution is 2.35. The first-order valence-electron chi connectivity index (χ1n) is 6.77. The minimum absolute atomic E-state index is 0.381. The van der Waals surface area contributed by atoms with Gasteiger partial charge in [-0.3, -0.25) is 4.79 Å². The molecule has 0 spiro atoms. The molecule has 0 atom stereocenters. The maximum atomic E-state index is 11.8. The summed E-state index contributed by atoms with van der Waals surface area (Å²) >= 11 is 0. The molecule has 1 heteroatoms. The molecule has 18 heavy (non-hydrogen) atoms. The maximum Gasteiger partial charge on any atom is 0.159 e. The molecule has 2 aliphatic rings. The summed E-state index contributed by atoms with van der Waals surface area (Å²) in [5.41, 5.74) is 6.41. The molecule has 92 valence electrons. The van der Waals surface area contributed by atoms with Gasteiger partial charge in [0.15, 0.2) is 5.78 Å². The van der Waals surface area contributed by atoms with Gasteiger partial charge in [0.1, 0.15) is 0 Å². The Bertz CT molecular complexity index is 543. The van der Waals surface area contributed by atoms with Gasteiger partial charge >= 0.3 is 0 Å². The Morgan fingerprint density at radius 2 is 1.72 bits per heavy atom. The number of hydrogen-bond donors (Lipinski definition) is 0. The van der Waals surface area contributed by atoms with Crippen molar-refractivity contribution in [2.75, 3.05) is 0 Å². The van der Waals surface area contributed by atoms with Gasteiger partial charge in [-0.1, -0.05) is 35.9 Å². The lowest BCUT2D eigenvalue weighted by molar-refractivity contribution is -0.115. The van der Waals surface area contributed by atoms with E-state index >= 15 is 0 Å². The van der Waals surface area contributed by atoms with E-state index in [0.29, 0.717) is 5.78 Å². The largest absolute Gasteiger partial charge is 0.295 e. The molecule has 0 saturated heterocycles. The Morgan fingerprint density at radius 1 is 0.944 bits per heavy atom. The van der Waals surface area contributed by atoms with Crippen LogP contribution in [-0.2, 0) is 4.79 Å². The minimum Gasteiger partial charge on any atom is -0.295 e. The van der Waals surface area contributed by atoms with E-state index in [1.807, 2.05) is 0 Å². The van der Waals surface area contributed by atoms with Crippen LogP contribution >= 0.6 is 0 Å². The van der Waals surface area contributed by atoms with Crippen LogP contribution in [0.15, 0.2) is 41.5 Å². The number of carbonyl (C=O) groups is 1. The average Bonchev–Trinajstić information content (AvgIpc) is 2.62. The fourth-order valence-corrected chi connectivity index (χ4v) is 2.92. The summed E-state index contributed by atoms with van der Waals surface area (Å²) in [6, 6.07) is 8.72. The number of aryl methyl sites for hydroxylation is 1. The van der Waals surface area contributed by atoms with Crippen molar-refractivity contribution in [3.8, 4) is 0 Å². The Kier molecular flexibility index (Phi) is 2.91. The number of rotatable bonds is 1. The van der Waals surface area contributed by atoms with E-state index < -0.39 is 0 Å². The number of ketones is 1. The highest BCUT2D eigenvalue weighted by atomic mass is 16.1. The molecule has 0 heterocycles. The predicted molar refractivity (Wildman–Crippen MR) is 74.3 cm³/mol. The molecule has 0 saturated carbocycles. The summed E-state index contributed by atoms with van der Waals surface area (Å²) in [6.45, 7) is 2.11. The van der Waals surface area contributed by atoms with Crippen LogP contribution < -0.4 is 0 Å². The van der Waals surface area contributed by atoms with Crippen LogP contribution in [0, 0.1) is 6.92 Å². The van der Waals surface area contributed by atoms with Crippen LogP contribution in [0.1, 0.15) is 43.2 Å². The standard InChI is InChI=1S/C17H18O/c1-12-5-7-13(8-6-12)14-3-2-4-16-15(11-14)9-10-17(16)18/h5-8,11H,2-4,9-10H2,1H3. The second-order valence-electron chi connectivity index (χ2n) is 5.32. The Balaban J connectivity index is 1.98. The van der Waals surface area contributed by atoms with E-state index in [4.69, 9.17) is 0 Å². The molecule has 0 fully saturated rings. The van der Waals surface area contributed by atoms with Gasteiger partial charge in [-0.25, -0.2) is 0 Å². The van der Waals surface area contributed by atoms with Crippen molar-refractivity contribution < 1.29 is 4.79 Å². The van der Waals surface area contributed by atoms with E-state index in [-0.39, 0.29) is 0 Å². The van der Waals surface area contributed by atoms with Gasteiger partial charge < -0.3 is 0 Å². The van der Waals surface area contributed by atoms with Crippen molar-refractivity contribution >= 4 is 11.4 Å². The number of benzene rings is 1. The Labute approximate surface area is 108 Å². The monoisotopic (exact) mass is 238 g/mol. The molecule has 0 N–H and O–H groups in total. The van der Waals surface area contributed by atoms with Gasteiger partial charge in [0.05, 0.1) is 0 Å². The SMILES string of the molecule is Cc1ccc(C2=CC3=C(CCC2)C(=O)CC3)cc1. The first kappa shape index (κ1) is 11.5. The average molecular weight is 238 g/mol. The summed E-state index contributed by atoms with van der Waals surface area (Å²) in [7, 11) is 0. The zero-order chi connectivity index (χ0) is 12.5. The van der Waals surface area contributed by atoms with Gasteiger partial charge in [-0.05, 0) is 54.9 Å². The molecule has 0 unspecified atom stereocenters. The molecule has 0 bridgehead atoms. The van der Waals surface area contributed by atoms with Gasteiger partial charge in [0.25, 0.3) is 0 Å². The van der Waals surface area contributed by atoms with Crippen LogP contribution in [-0.4, -0.2) is 5.78 Å². The smallest absolute Gasteiger partial charge is 0.159 e. The first-order chi connectivity index (χ1) is 8.74. The lowest BCUT2D eigenvalue weighted by Gasteiger charge is -2.07. The Hall–Kier alpha value is -1.63. The summed E-state index contributed by atoms with van der Waals surface area (Å²) in [5, 5.41) is 0. The summed E-state index contributed by atoms with van der Waals surface area (Å²) in [4.78, 5) is 11.8. The number of allylic oxidation sites excluding steroid dienone is 4.